The van der Waals surface area contributed by atoms with Gasteiger partial charge in [-0.2, -0.15) is 0 Å². The first-order chi connectivity index (χ1) is 36.9. The maximum atomic E-state index is 13.5. The van der Waals surface area contributed by atoms with Crippen molar-refractivity contribution in [2.24, 2.45) is 0 Å². The summed E-state index contributed by atoms with van der Waals surface area (Å²) in [7, 11) is 1.43. The van der Waals surface area contributed by atoms with Crippen molar-refractivity contribution in [1.82, 2.24) is 5.32 Å². The van der Waals surface area contributed by atoms with Crippen LogP contribution in [0.1, 0.15) is 233 Å². The number of quaternary nitrogens is 1. The van der Waals surface area contributed by atoms with Gasteiger partial charge in [-0.3, -0.25) is 18.6 Å². The van der Waals surface area contributed by atoms with E-state index in [9.17, 15) is 19.0 Å². The van der Waals surface area contributed by atoms with Gasteiger partial charge in [0.05, 0.1) is 33.8 Å². The first-order valence-electron chi connectivity index (χ1n) is 30.4. The number of phosphoric acid groups is 1. The quantitative estimate of drug-likeness (QED) is 0.0205. The fourth-order valence-electron chi connectivity index (χ4n) is 7.97. The number of phosphoric ester groups is 1. The summed E-state index contributed by atoms with van der Waals surface area (Å²) in [5.41, 5.74) is 0. The van der Waals surface area contributed by atoms with E-state index in [-0.39, 0.29) is 25.5 Å². The van der Waals surface area contributed by atoms with E-state index in [4.69, 9.17) is 13.8 Å². The predicted molar refractivity (Wildman–Crippen MR) is 327 cm³/mol. The van der Waals surface area contributed by atoms with Gasteiger partial charge < -0.3 is 19.4 Å². The average Bonchev–Trinajstić information content (AvgIpc) is 3.38. The van der Waals surface area contributed by atoms with Gasteiger partial charge >= 0.3 is 13.8 Å². The molecule has 0 aliphatic carbocycles. The van der Waals surface area contributed by atoms with E-state index < -0.39 is 25.9 Å². The Morgan fingerprint density at radius 3 is 1.32 bits per heavy atom. The second kappa shape index (κ2) is 54.8. The largest absolute Gasteiger partial charge is 0.472 e. The van der Waals surface area contributed by atoms with Gasteiger partial charge in [-0.05, 0) is 109 Å². The van der Waals surface area contributed by atoms with Crippen LogP contribution in [0, 0.1) is 0 Å². The summed E-state index contributed by atoms with van der Waals surface area (Å²) < 4.78 is 30.6. The Hall–Kier alpha value is -3.59. The molecule has 0 aromatic heterocycles. The SMILES string of the molecule is CC/C=C\C/C=C\C/C=C\C/C=C\C/C=C\C/C=C\CCC(=O)OC(/C=C/CCCCCCCCCCCC)C(COP(=O)(O)OCC[N+](C)(C)C)NC(=O)CCCCCCCC/C=C\C/C=C\C/C=C\CCCCC. The van der Waals surface area contributed by atoms with E-state index in [0.717, 1.165) is 116 Å². The molecular formula is C66H114N2O7P+. The van der Waals surface area contributed by atoms with Gasteiger partial charge in [0.1, 0.15) is 19.3 Å². The molecule has 9 nitrogen and oxygen atoms in total. The van der Waals surface area contributed by atoms with Gasteiger partial charge in [-0.25, -0.2) is 4.57 Å². The molecule has 10 heteroatoms. The van der Waals surface area contributed by atoms with E-state index in [1.165, 1.54) is 77.0 Å². The summed E-state index contributed by atoms with van der Waals surface area (Å²) >= 11 is 0. The van der Waals surface area contributed by atoms with Crippen LogP contribution in [-0.4, -0.2) is 74.3 Å². The van der Waals surface area contributed by atoms with Gasteiger partial charge in [0.25, 0.3) is 0 Å². The number of hydrogen-bond acceptors (Lipinski definition) is 6. The molecule has 2 N–H and O–H groups in total. The van der Waals surface area contributed by atoms with Crippen LogP contribution in [0.5, 0.6) is 0 Å². The minimum atomic E-state index is -4.48. The number of carbonyl (C=O) groups is 2. The Balaban J connectivity index is 5.44. The first kappa shape index (κ1) is 72.4. The number of likely N-dealkylation sites (N-methyl/N-ethyl adjacent to an activating group) is 1. The molecule has 0 rings (SSSR count). The van der Waals surface area contributed by atoms with Gasteiger partial charge in [-0.1, -0.05) is 233 Å². The Kier molecular flexibility index (Phi) is 52.2. The molecule has 76 heavy (non-hydrogen) atoms. The normalized spacial score (nSPS) is 14.6. The lowest BCUT2D eigenvalue weighted by molar-refractivity contribution is -0.870. The van der Waals surface area contributed by atoms with Crippen LogP contribution in [-0.2, 0) is 27.9 Å². The van der Waals surface area contributed by atoms with E-state index in [2.05, 4.69) is 123 Å². The minimum Gasteiger partial charge on any atom is -0.456 e. The first-order valence-corrected chi connectivity index (χ1v) is 31.9. The number of ether oxygens (including phenoxy) is 1. The van der Waals surface area contributed by atoms with Crippen molar-refractivity contribution in [3.63, 3.8) is 0 Å². The van der Waals surface area contributed by atoms with Crippen molar-refractivity contribution in [2.45, 2.75) is 245 Å². The molecule has 0 aromatic rings. The molecule has 0 radical (unpaired) electrons. The second-order valence-corrected chi connectivity index (χ2v) is 22.6. The number of amides is 1. The van der Waals surface area contributed by atoms with Crippen molar-refractivity contribution >= 4 is 19.7 Å². The van der Waals surface area contributed by atoms with Gasteiger partial charge in [0.2, 0.25) is 5.91 Å². The summed E-state index contributed by atoms with van der Waals surface area (Å²) in [4.78, 5) is 37.6. The zero-order valence-electron chi connectivity index (χ0n) is 49.4. The summed E-state index contributed by atoms with van der Waals surface area (Å²) in [6.45, 7) is 6.79. The molecule has 434 valence electrons. The Bertz CT molecular complexity index is 1720. The molecule has 0 saturated heterocycles. The fourth-order valence-corrected chi connectivity index (χ4v) is 8.71. The number of allylic oxidation sites excluding steroid dienone is 19. The Morgan fingerprint density at radius 2 is 0.855 bits per heavy atom. The predicted octanol–water partition coefficient (Wildman–Crippen LogP) is 18.7. The van der Waals surface area contributed by atoms with Crippen LogP contribution in [0.2, 0.25) is 0 Å². The molecule has 0 bridgehead atoms. The van der Waals surface area contributed by atoms with Gasteiger partial charge in [0.15, 0.2) is 0 Å². The van der Waals surface area contributed by atoms with E-state index in [1.54, 1.807) is 0 Å². The van der Waals surface area contributed by atoms with E-state index in [0.29, 0.717) is 23.9 Å². The molecule has 0 aliphatic rings. The lowest BCUT2D eigenvalue weighted by Crippen LogP contribution is -2.47. The molecule has 0 aromatic carbocycles. The molecule has 0 spiro atoms. The maximum absolute atomic E-state index is 13.5. The molecule has 1 amide bonds. The van der Waals surface area contributed by atoms with Crippen molar-refractivity contribution < 1.29 is 37.3 Å². The monoisotopic (exact) mass is 1080 g/mol. The van der Waals surface area contributed by atoms with Gasteiger partial charge in [0, 0.05) is 12.8 Å². The number of carbonyl (C=O) groups excluding carboxylic acids is 2. The number of nitrogens with zero attached hydrogens (tertiary/aromatic N) is 1. The number of nitrogens with one attached hydrogen (secondary N) is 1. The molecule has 0 heterocycles. The summed E-state index contributed by atoms with van der Waals surface area (Å²) in [5.74, 6) is -0.626. The van der Waals surface area contributed by atoms with Gasteiger partial charge in [-0.15, -0.1) is 0 Å². The highest BCUT2D eigenvalue weighted by molar-refractivity contribution is 7.47. The van der Waals surface area contributed by atoms with Crippen LogP contribution < -0.4 is 5.32 Å². The molecule has 3 atom stereocenters. The zero-order valence-corrected chi connectivity index (χ0v) is 50.3. The lowest BCUT2D eigenvalue weighted by Gasteiger charge is -2.27. The maximum Gasteiger partial charge on any atom is 0.472 e. The average molecular weight is 1080 g/mol. The third-order valence-corrected chi connectivity index (χ3v) is 13.6. The third-order valence-electron chi connectivity index (χ3n) is 12.6. The van der Waals surface area contributed by atoms with Crippen LogP contribution in [0.4, 0.5) is 0 Å². The highest BCUT2D eigenvalue weighted by atomic mass is 31.2. The lowest BCUT2D eigenvalue weighted by atomic mass is 10.0. The molecule has 3 unspecified atom stereocenters. The highest BCUT2D eigenvalue weighted by Gasteiger charge is 2.30. The van der Waals surface area contributed by atoms with Crippen LogP contribution in [0.25, 0.3) is 0 Å². The molecule has 0 fully saturated rings. The molecule has 0 aliphatic heterocycles. The zero-order chi connectivity index (χ0) is 55.7. The second-order valence-electron chi connectivity index (χ2n) is 21.1. The summed E-state index contributed by atoms with van der Waals surface area (Å²) in [5, 5.41) is 3.02. The van der Waals surface area contributed by atoms with Crippen LogP contribution in [0.15, 0.2) is 122 Å². The number of rotatable bonds is 53. The fraction of sp³-hybridized carbons (Fsp3) is 0.667. The standard InChI is InChI=1S/C66H113N2O7P/c1-7-10-13-16-19-22-25-28-30-32-34-36-38-40-43-46-49-52-55-58-65(69)67-63(62-74-76(71,72)73-61-60-68(4,5)6)64(57-54-51-48-45-42-27-24-21-18-15-12-9-3)75-66(70)59-56-53-50-47-44-41-39-37-35-33-31-29-26-23-20-17-14-11-8-2/h11,14,19-20,22-23,28-31,34-37,41,44,50,53-54,57,63-64H,7-10,12-13,15-18,21,24-27,32-33,38-40,42-43,45-49,51-52,55-56,58-62H2,1-6H3,(H-,67,69,71,72)/p+1/b14-11-,22-19-,23-20-,30-28-,31-29-,36-34-,37-35-,44-41-,53-50-,57-54+. The Labute approximate surface area is 467 Å². The Morgan fingerprint density at radius 1 is 0.474 bits per heavy atom. The summed E-state index contributed by atoms with van der Waals surface area (Å²) in [6, 6.07) is -0.894. The smallest absolute Gasteiger partial charge is 0.456 e. The number of hydrogen-bond donors (Lipinski definition) is 2. The highest BCUT2D eigenvalue weighted by Crippen LogP contribution is 2.43. The van der Waals surface area contributed by atoms with E-state index in [1.807, 2.05) is 45.4 Å². The number of esters is 1. The minimum absolute atomic E-state index is 0.0198. The third kappa shape index (κ3) is 55.2. The van der Waals surface area contributed by atoms with Crippen molar-refractivity contribution in [3.8, 4) is 0 Å². The van der Waals surface area contributed by atoms with E-state index >= 15 is 0 Å². The van der Waals surface area contributed by atoms with Crippen LogP contribution in [0.3, 0.4) is 0 Å². The van der Waals surface area contributed by atoms with Crippen molar-refractivity contribution in [2.75, 3.05) is 40.9 Å². The van der Waals surface area contributed by atoms with Crippen molar-refractivity contribution in [3.05, 3.63) is 122 Å². The number of unbranched alkanes of at least 4 members (excludes halogenated alkanes) is 19. The van der Waals surface area contributed by atoms with Crippen molar-refractivity contribution in [1.29, 1.82) is 0 Å². The topological polar surface area (TPSA) is 111 Å². The molecule has 0 saturated carbocycles. The summed E-state index contributed by atoms with van der Waals surface area (Å²) in [6.07, 6.45) is 76.3. The van der Waals surface area contributed by atoms with Crippen LogP contribution >= 0.6 is 7.82 Å². The molecular weight excluding hydrogens is 964 g/mol.